The van der Waals surface area contributed by atoms with Crippen molar-refractivity contribution in [2.45, 2.75) is 0 Å². The number of nitrogens with zero attached hydrogens (tertiary/aromatic N) is 3. The molecule has 0 N–H and O–H groups in total. The van der Waals surface area contributed by atoms with Crippen molar-refractivity contribution in [3.63, 3.8) is 0 Å². The highest BCUT2D eigenvalue weighted by Gasteiger charge is 2.20. The monoisotopic (exact) mass is 509 g/mol. The van der Waals surface area contributed by atoms with Crippen LogP contribution in [-0.2, 0) is 0 Å². The Bertz CT molecular complexity index is 2430. The van der Waals surface area contributed by atoms with Crippen molar-refractivity contribution < 1.29 is 0 Å². The molecule has 0 saturated carbocycles. The first-order chi connectivity index (χ1) is 19.9. The summed E-state index contributed by atoms with van der Waals surface area (Å²) in [6.45, 7) is 0. The molecule has 0 spiro atoms. The van der Waals surface area contributed by atoms with Crippen LogP contribution in [0.3, 0.4) is 0 Å². The lowest BCUT2D eigenvalue weighted by Gasteiger charge is -2.15. The van der Waals surface area contributed by atoms with Crippen LogP contribution in [0.25, 0.3) is 76.8 Å². The zero-order chi connectivity index (χ0) is 26.2. The van der Waals surface area contributed by atoms with Crippen LogP contribution in [0.1, 0.15) is 0 Å². The Morgan fingerprint density at radius 3 is 2.08 bits per heavy atom. The van der Waals surface area contributed by atoms with Gasteiger partial charge in [-0.3, -0.25) is 4.98 Å². The van der Waals surface area contributed by atoms with E-state index in [1.807, 2.05) is 18.3 Å². The van der Waals surface area contributed by atoms with Gasteiger partial charge in [0.1, 0.15) is 0 Å². The van der Waals surface area contributed by atoms with E-state index in [4.69, 9.17) is 0 Å². The number of hydrogen-bond acceptors (Lipinski definition) is 1. The number of para-hydroxylation sites is 2. The van der Waals surface area contributed by atoms with Crippen molar-refractivity contribution in [2.24, 2.45) is 0 Å². The molecule has 3 nitrogen and oxygen atoms in total. The molecule has 0 atom stereocenters. The average molecular weight is 510 g/mol. The number of rotatable bonds is 2. The lowest BCUT2D eigenvalue weighted by Crippen LogP contribution is -1.97. The van der Waals surface area contributed by atoms with Crippen LogP contribution in [0, 0.1) is 0 Å². The lowest BCUT2D eigenvalue weighted by molar-refractivity contribution is 1.18. The molecule has 4 heterocycles. The quantitative estimate of drug-likeness (QED) is 0.213. The van der Waals surface area contributed by atoms with Gasteiger partial charge in [-0.25, -0.2) is 0 Å². The van der Waals surface area contributed by atoms with Crippen molar-refractivity contribution in [2.75, 3.05) is 0 Å². The Labute approximate surface area is 230 Å². The van der Waals surface area contributed by atoms with E-state index in [9.17, 15) is 0 Å². The van der Waals surface area contributed by atoms with Crippen molar-refractivity contribution in [1.82, 2.24) is 14.0 Å². The van der Waals surface area contributed by atoms with Gasteiger partial charge in [0.2, 0.25) is 0 Å². The van der Waals surface area contributed by atoms with Gasteiger partial charge in [-0.1, -0.05) is 84.9 Å². The predicted octanol–water partition coefficient (Wildman–Crippen LogP) is 9.56. The minimum atomic E-state index is 0.973. The van der Waals surface area contributed by atoms with Crippen LogP contribution in [0.5, 0.6) is 0 Å². The Morgan fingerprint density at radius 1 is 0.475 bits per heavy atom. The Kier molecular flexibility index (Phi) is 4.33. The molecule has 0 fully saturated rings. The number of aromatic nitrogens is 3. The number of fused-ring (bicyclic) bond motifs is 12. The van der Waals surface area contributed by atoms with Gasteiger partial charge in [-0.15, -0.1) is 0 Å². The summed E-state index contributed by atoms with van der Waals surface area (Å²) in [5, 5.41) is 7.56. The number of pyridine rings is 2. The van der Waals surface area contributed by atoms with Gasteiger partial charge in [0.25, 0.3) is 0 Å². The van der Waals surface area contributed by atoms with Crippen LogP contribution in [0.2, 0.25) is 0 Å². The van der Waals surface area contributed by atoms with E-state index >= 15 is 0 Å². The molecule has 9 rings (SSSR count). The third-order valence-corrected chi connectivity index (χ3v) is 8.30. The summed E-state index contributed by atoms with van der Waals surface area (Å²) in [6, 6.07) is 48.1. The molecule has 9 aromatic rings. The van der Waals surface area contributed by atoms with E-state index in [0.29, 0.717) is 0 Å². The molecule has 3 heteroatoms. The van der Waals surface area contributed by atoms with Crippen molar-refractivity contribution in [3.05, 3.63) is 140 Å². The minimum Gasteiger partial charge on any atom is -0.309 e. The van der Waals surface area contributed by atoms with E-state index in [-0.39, 0.29) is 0 Å². The Balaban J connectivity index is 1.52. The SMILES string of the molecule is c1ccc(-c2cccc(-n3c4ccccc4c4ccc5c(c6ccccc6c6cc7ccccc7n65)c43)c2)nc1. The summed E-state index contributed by atoms with van der Waals surface area (Å²) in [4.78, 5) is 4.63. The summed E-state index contributed by atoms with van der Waals surface area (Å²) < 4.78 is 4.89. The van der Waals surface area contributed by atoms with Crippen LogP contribution in [0.4, 0.5) is 0 Å². The van der Waals surface area contributed by atoms with Gasteiger partial charge < -0.3 is 8.97 Å². The van der Waals surface area contributed by atoms with Gasteiger partial charge in [0.05, 0.1) is 33.3 Å². The molecule has 0 amide bonds. The molecule has 0 unspecified atom stereocenters. The Hall–Kier alpha value is -5.41. The zero-order valence-electron chi connectivity index (χ0n) is 21.6. The first-order valence-electron chi connectivity index (χ1n) is 13.7. The minimum absolute atomic E-state index is 0.973. The molecule has 40 heavy (non-hydrogen) atoms. The van der Waals surface area contributed by atoms with E-state index in [2.05, 4.69) is 135 Å². The topological polar surface area (TPSA) is 22.2 Å². The van der Waals surface area contributed by atoms with Gasteiger partial charge >= 0.3 is 0 Å². The third-order valence-electron chi connectivity index (χ3n) is 8.30. The van der Waals surface area contributed by atoms with E-state index in [1.165, 1.54) is 59.9 Å². The third kappa shape index (κ3) is 2.86. The normalized spacial score (nSPS) is 12.0. The second-order valence-corrected chi connectivity index (χ2v) is 10.4. The summed E-state index contributed by atoms with van der Waals surface area (Å²) >= 11 is 0. The molecule has 0 saturated heterocycles. The summed E-state index contributed by atoms with van der Waals surface area (Å²) in [7, 11) is 0. The van der Waals surface area contributed by atoms with Gasteiger partial charge in [0, 0.05) is 44.4 Å². The first-order valence-corrected chi connectivity index (χ1v) is 13.7. The lowest BCUT2D eigenvalue weighted by atomic mass is 10.0. The standard InChI is InChI=1S/C37H23N3/c1-5-17-32-25(10-1)23-35-27-13-2-3-15-29(27)36-34(40(32)35)20-19-30-28-14-4-6-18-33(28)39(37(30)36)26-12-9-11-24(22-26)31-16-7-8-21-38-31/h1-23H. The molecule has 0 aliphatic heterocycles. The van der Waals surface area contributed by atoms with Crippen LogP contribution in [-0.4, -0.2) is 14.0 Å². The maximum atomic E-state index is 4.63. The largest absolute Gasteiger partial charge is 0.309 e. The molecular formula is C37H23N3. The molecule has 0 aliphatic carbocycles. The molecular weight excluding hydrogens is 486 g/mol. The second kappa shape index (κ2) is 8.05. The molecule has 4 aromatic heterocycles. The fourth-order valence-electron chi connectivity index (χ4n) is 6.64. The fraction of sp³-hybridized carbons (Fsp3) is 0. The van der Waals surface area contributed by atoms with Crippen LogP contribution in [0.15, 0.2) is 140 Å². The highest BCUT2D eigenvalue weighted by atomic mass is 15.0. The molecule has 186 valence electrons. The maximum Gasteiger partial charge on any atom is 0.0702 e. The van der Waals surface area contributed by atoms with E-state index in [1.54, 1.807) is 0 Å². The Morgan fingerprint density at radius 2 is 1.23 bits per heavy atom. The number of hydrogen-bond donors (Lipinski definition) is 0. The van der Waals surface area contributed by atoms with Crippen molar-refractivity contribution in [3.8, 4) is 16.9 Å². The maximum absolute atomic E-state index is 4.63. The molecule has 0 radical (unpaired) electrons. The van der Waals surface area contributed by atoms with Crippen molar-refractivity contribution >= 4 is 59.9 Å². The van der Waals surface area contributed by atoms with Gasteiger partial charge in [-0.2, -0.15) is 0 Å². The summed E-state index contributed by atoms with van der Waals surface area (Å²) in [6.07, 6.45) is 1.86. The van der Waals surface area contributed by atoms with Gasteiger partial charge in [0.15, 0.2) is 0 Å². The van der Waals surface area contributed by atoms with E-state index < -0.39 is 0 Å². The first kappa shape index (κ1) is 21.5. The molecule has 0 aliphatic rings. The average Bonchev–Trinajstić information content (AvgIpc) is 3.58. The van der Waals surface area contributed by atoms with Crippen LogP contribution < -0.4 is 0 Å². The highest BCUT2D eigenvalue weighted by molar-refractivity contribution is 6.27. The zero-order valence-corrected chi connectivity index (χ0v) is 21.6. The van der Waals surface area contributed by atoms with Crippen molar-refractivity contribution in [1.29, 1.82) is 0 Å². The fourth-order valence-corrected chi connectivity index (χ4v) is 6.64. The summed E-state index contributed by atoms with van der Waals surface area (Å²) in [5.41, 5.74) is 9.32. The summed E-state index contributed by atoms with van der Waals surface area (Å²) in [5.74, 6) is 0. The molecule has 0 bridgehead atoms. The molecule has 5 aromatic carbocycles. The number of benzene rings is 5. The predicted molar refractivity (Wildman–Crippen MR) is 167 cm³/mol. The van der Waals surface area contributed by atoms with Crippen LogP contribution >= 0.6 is 0 Å². The van der Waals surface area contributed by atoms with Gasteiger partial charge in [-0.05, 0) is 53.9 Å². The highest BCUT2D eigenvalue weighted by Crippen LogP contribution is 2.42. The second-order valence-electron chi connectivity index (χ2n) is 10.4. The van der Waals surface area contributed by atoms with E-state index in [0.717, 1.165) is 16.9 Å². The smallest absolute Gasteiger partial charge is 0.0702 e.